The fourth-order valence-corrected chi connectivity index (χ4v) is 2.96. The van der Waals surface area contributed by atoms with Gasteiger partial charge in [0.1, 0.15) is 4.90 Å². The second-order valence-corrected chi connectivity index (χ2v) is 5.27. The summed E-state index contributed by atoms with van der Waals surface area (Å²) in [5.41, 5.74) is -1.32. The largest absolute Gasteiger partial charge is 0.434 e. The molecule has 0 unspecified atom stereocenters. The Hall–Kier alpha value is -1.09. The van der Waals surface area contributed by atoms with Gasteiger partial charge >= 0.3 is 6.18 Å². The Morgan fingerprint density at radius 3 is 2.44 bits per heavy atom. The van der Waals surface area contributed by atoms with Crippen LogP contribution in [0.2, 0.25) is 0 Å². The summed E-state index contributed by atoms with van der Waals surface area (Å²) in [6.07, 6.45) is -3.39. The van der Waals surface area contributed by atoms with Gasteiger partial charge in [-0.2, -0.15) is 22.6 Å². The SMILES string of the molecule is O=S(=O)(c1cn[nH]c1C(F)(F)F)N1CCC1. The quantitative estimate of drug-likeness (QED) is 0.851. The standard InChI is InChI=1S/C7H8F3N3O2S/c8-7(9,10)6-5(4-11-12-6)16(14,15)13-2-1-3-13/h4H,1-3H2,(H,11,12). The van der Waals surface area contributed by atoms with Gasteiger partial charge in [0.15, 0.2) is 5.69 Å². The minimum absolute atomic E-state index is 0.255. The Bertz CT molecular complexity index is 489. The molecule has 0 aromatic carbocycles. The summed E-state index contributed by atoms with van der Waals surface area (Å²) in [5.74, 6) is 0. The van der Waals surface area contributed by atoms with E-state index >= 15 is 0 Å². The van der Waals surface area contributed by atoms with Gasteiger partial charge in [-0.1, -0.05) is 0 Å². The molecule has 16 heavy (non-hydrogen) atoms. The van der Waals surface area contributed by atoms with Gasteiger partial charge < -0.3 is 0 Å². The molecule has 2 heterocycles. The number of hydrogen-bond donors (Lipinski definition) is 1. The predicted octanol–water partition coefficient (Wildman–Crippen LogP) is 0.823. The van der Waals surface area contributed by atoms with E-state index < -0.39 is 26.8 Å². The summed E-state index contributed by atoms with van der Waals surface area (Å²) < 4.78 is 61.7. The molecule has 1 saturated heterocycles. The van der Waals surface area contributed by atoms with Crippen LogP contribution in [0.5, 0.6) is 0 Å². The van der Waals surface area contributed by atoms with Crippen molar-refractivity contribution in [3.8, 4) is 0 Å². The van der Waals surface area contributed by atoms with Crippen LogP contribution in [0.4, 0.5) is 13.2 Å². The lowest BCUT2D eigenvalue weighted by molar-refractivity contribution is -0.143. The van der Waals surface area contributed by atoms with Crippen molar-refractivity contribution in [2.24, 2.45) is 0 Å². The predicted molar refractivity (Wildman–Crippen MR) is 47.0 cm³/mol. The summed E-state index contributed by atoms with van der Waals surface area (Å²) in [5, 5.41) is 4.82. The first-order valence-corrected chi connectivity index (χ1v) is 5.88. The second kappa shape index (κ2) is 3.45. The van der Waals surface area contributed by atoms with Crippen LogP contribution in [0.15, 0.2) is 11.1 Å². The first-order chi connectivity index (χ1) is 7.33. The second-order valence-electron chi connectivity index (χ2n) is 3.36. The van der Waals surface area contributed by atoms with Crippen molar-refractivity contribution in [3.05, 3.63) is 11.9 Å². The molecule has 0 radical (unpaired) electrons. The molecule has 1 N–H and O–H groups in total. The van der Waals surface area contributed by atoms with E-state index in [1.165, 1.54) is 0 Å². The number of halogens is 3. The molecule has 0 atom stereocenters. The van der Waals surface area contributed by atoms with Gasteiger partial charge in [-0.15, -0.1) is 0 Å². The highest BCUT2D eigenvalue weighted by molar-refractivity contribution is 7.89. The zero-order valence-electron chi connectivity index (χ0n) is 7.95. The molecule has 5 nitrogen and oxygen atoms in total. The number of rotatable bonds is 2. The third-order valence-electron chi connectivity index (χ3n) is 2.32. The molecule has 90 valence electrons. The van der Waals surface area contributed by atoms with Crippen molar-refractivity contribution in [1.82, 2.24) is 14.5 Å². The molecule has 1 fully saturated rings. The number of H-pyrrole nitrogens is 1. The lowest BCUT2D eigenvalue weighted by Crippen LogP contribution is -2.42. The maximum absolute atomic E-state index is 12.4. The minimum atomic E-state index is -4.75. The first-order valence-electron chi connectivity index (χ1n) is 4.44. The number of hydrogen-bond acceptors (Lipinski definition) is 3. The number of nitrogens with zero attached hydrogens (tertiary/aromatic N) is 2. The fourth-order valence-electron chi connectivity index (χ4n) is 1.34. The van der Waals surface area contributed by atoms with Crippen molar-refractivity contribution in [2.45, 2.75) is 17.5 Å². The maximum Gasteiger partial charge on any atom is 0.434 e. The highest BCUT2D eigenvalue weighted by Crippen LogP contribution is 2.34. The van der Waals surface area contributed by atoms with E-state index in [2.05, 4.69) is 5.10 Å². The minimum Gasteiger partial charge on any atom is -0.272 e. The highest BCUT2D eigenvalue weighted by Gasteiger charge is 2.42. The third kappa shape index (κ3) is 1.69. The molecular weight excluding hydrogens is 247 g/mol. The lowest BCUT2D eigenvalue weighted by Gasteiger charge is -2.29. The zero-order chi connectivity index (χ0) is 12.0. The average molecular weight is 255 g/mol. The van der Waals surface area contributed by atoms with Crippen LogP contribution in [0, 0.1) is 0 Å². The number of aromatic nitrogens is 2. The molecule has 0 bridgehead atoms. The molecular formula is C7H8F3N3O2S. The molecule has 1 aromatic rings. The van der Waals surface area contributed by atoms with E-state index in [0.717, 1.165) is 4.31 Å². The van der Waals surface area contributed by atoms with Crippen molar-refractivity contribution in [2.75, 3.05) is 13.1 Å². The molecule has 2 rings (SSSR count). The van der Waals surface area contributed by atoms with E-state index in [1.54, 1.807) is 5.10 Å². The Balaban J connectivity index is 2.45. The number of nitrogens with one attached hydrogen (secondary N) is 1. The van der Waals surface area contributed by atoms with Crippen LogP contribution in [0.1, 0.15) is 12.1 Å². The molecule has 1 aromatic heterocycles. The summed E-state index contributed by atoms with van der Waals surface area (Å²) in [6.45, 7) is 0.510. The van der Waals surface area contributed by atoms with Crippen molar-refractivity contribution >= 4 is 10.0 Å². The fraction of sp³-hybridized carbons (Fsp3) is 0.571. The lowest BCUT2D eigenvalue weighted by atomic mass is 10.3. The van der Waals surface area contributed by atoms with E-state index in [4.69, 9.17) is 0 Å². The summed E-state index contributed by atoms with van der Waals surface area (Å²) in [7, 11) is -4.05. The smallest absolute Gasteiger partial charge is 0.272 e. The molecule has 0 aliphatic carbocycles. The van der Waals surface area contributed by atoms with E-state index in [9.17, 15) is 21.6 Å². The Labute approximate surface area is 89.3 Å². The van der Waals surface area contributed by atoms with Crippen LogP contribution in [-0.2, 0) is 16.2 Å². The van der Waals surface area contributed by atoms with Gasteiger partial charge in [-0.3, -0.25) is 5.10 Å². The normalized spacial score (nSPS) is 18.4. The first kappa shape index (κ1) is 11.4. The van der Waals surface area contributed by atoms with Crippen molar-refractivity contribution < 1.29 is 21.6 Å². The average Bonchev–Trinajstić information content (AvgIpc) is 2.44. The van der Waals surface area contributed by atoms with E-state index in [-0.39, 0.29) is 13.1 Å². The Morgan fingerprint density at radius 2 is 2.00 bits per heavy atom. The van der Waals surface area contributed by atoms with Gasteiger partial charge in [-0.05, 0) is 6.42 Å². The van der Waals surface area contributed by atoms with Crippen LogP contribution in [-0.4, -0.2) is 36.0 Å². The molecule has 0 spiro atoms. The number of aromatic amines is 1. The topological polar surface area (TPSA) is 66.1 Å². The monoisotopic (exact) mass is 255 g/mol. The maximum atomic E-state index is 12.4. The van der Waals surface area contributed by atoms with Crippen LogP contribution in [0.3, 0.4) is 0 Å². The number of sulfonamides is 1. The van der Waals surface area contributed by atoms with Crippen molar-refractivity contribution in [3.63, 3.8) is 0 Å². The molecule has 1 aliphatic rings. The van der Waals surface area contributed by atoms with Crippen LogP contribution >= 0.6 is 0 Å². The van der Waals surface area contributed by atoms with Gasteiger partial charge in [0.2, 0.25) is 10.0 Å². The van der Waals surface area contributed by atoms with Crippen LogP contribution in [0.25, 0.3) is 0 Å². The summed E-state index contributed by atoms with van der Waals surface area (Å²) >= 11 is 0. The van der Waals surface area contributed by atoms with E-state index in [1.807, 2.05) is 0 Å². The summed E-state index contributed by atoms with van der Waals surface area (Å²) in [4.78, 5) is -0.806. The van der Waals surface area contributed by atoms with Gasteiger partial charge in [-0.25, -0.2) is 8.42 Å². The van der Waals surface area contributed by atoms with Crippen molar-refractivity contribution in [1.29, 1.82) is 0 Å². The molecule has 0 amide bonds. The van der Waals surface area contributed by atoms with Crippen LogP contribution < -0.4 is 0 Å². The zero-order valence-corrected chi connectivity index (χ0v) is 8.77. The molecule has 9 heteroatoms. The van der Waals surface area contributed by atoms with Gasteiger partial charge in [0, 0.05) is 13.1 Å². The van der Waals surface area contributed by atoms with Gasteiger partial charge in [0.05, 0.1) is 6.20 Å². The highest BCUT2D eigenvalue weighted by atomic mass is 32.2. The summed E-state index contributed by atoms with van der Waals surface area (Å²) in [6, 6.07) is 0. The third-order valence-corrected chi connectivity index (χ3v) is 4.23. The van der Waals surface area contributed by atoms with E-state index in [0.29, 0.717) is 12.6 Å². The molecule has 1 aliphatic heterocycles. The molecule has 0 saturated carbocycles. The van der Waals surface area contributed by atoms with Gasteiger partial charge in [0.25, 0.3) is 0 Å². The Morgan fingerprint density at radius 1 is 1.38 bits per heavy atom. The Kier molecular flexibility index (Phi) is 2.46. The number of alkyl halides is 3.